The van der Waals surface area contributed by atoms with Crippen LogP contribution in [0.4, 0.5) is 10.5 Å². The molecule has 1 aliphatic rings. The van der Waals surface area contributed by atoms with Crippen LogP contribution in [0.1, 0.15) is 36.5 Å². The molecule has 1 aromatic carbocycles. The second-order valence-electron chi connectivity index (χ2n) is 7.14. The first-order valence-electron chi connectivity index (χ1n) is 8.05. The van der Waals surface area contributed by atoms with Crippen LogP contribution in [0.15, 0.2) is 12.1 Å². The molecule has 1 aliphatic carbocycles. The highest BCUT2D eigenvalue weighted by molar-refractivity contribution is 6.77. The SMILES string of the molecule is CC(OC(=O)Nc1c(CO)ccc2c1CCCC2)[Si](C)(C)C. The van der Waals surface area contributed by atoms with Crippen LogP contribution >= 0.6 is 0 Å². The largest absolute Gasteiger partial charge is 0.450 e. The summed E-state index contributed by atoms with van der Waals surface area (Å²) in [4.78, 5) is 12.2. The van der Waals surface area contributed by atoms with Crippen molar-refractivity contribution >= 4 is 19.9 Å². The topological polar surface area (TPSA) is 58.6 Å². The Morgan fingerprint density at radius 1 is 1.32 bits per heavy atom. The van der Waals surface area contributed by atoms with Gasteiger partial charge in [-0.05, 0) is 43.7 Å². The molecule has 1 amide bonds. The maximum absolute atomic E-state index is 12.2. The Bertz CT molecular complexity index is 552. The molecule has 5 heteroatoms. The molecule has 0 radical (unpaired) electrons. The zero-order valence-electron chi connectivity index (χ0n) is 14.0. The van der Waals surface area contributed by atoms with Crippen molar-refractivity contribution < 1.29 is 14.6 Å². The van der Waals surface area contributed by atoms with E-state index >= 15 is 0 Å². The predicted octanol–water partition coefficient (Wildman–Crippen LogP) is 3.87. The zero-order chi connectivity index (χ0) is 16.3. The summed E-state index contributed by atoms with van der Waals surface area (Å²) < 4.78 is 5.54. The summed E-state index contributed by atoms with van der Waals surface area (Å²) in [5, 5.41) is 12.5. The van der Waals surface area contributed by atoms with Crippen molar-refractivity contribution in [3.63, 3.8) is 0 Å². The third-order valence-electron chi connectivity index (χ3n) is 4.52. The van der Waals surface area contributed by atoms with Crippen LogP contribution in [0.5, 0.6) is 0 Å². The van der Waals surface area contributed by atoms with Crippen molar-refractivity contribution in [2.75, 3.05) is 5.32 Å². The summed E-state index contributed by atoms with van der Waals surface area (Å²) in [7, 11) is -1.52. The van der Waals surface area contributed by atoms with Gasteiger partial charge in [-0.15, -0.1) is 0 Å². The second kappa shape index (κ2) is 6.83. The fourth-order valence-corrected chi connectivity index (χ4v) is 3.09. The predicted molar refractivity (Wildman–Crippen MR) is 91.9 cm³/mol. The quantitative estimate of drug-likeness (QED) is 0.828. The molecule has 122 valence electrons. The van der Waals surface area contributed by atoms with Gasteiger partial charge in [0.15, 0.2) is 0 Å². The first-order chi connectivity index (χ1) is 10.3. The van der Waals surface area contributed by atoms with Gasteiger partial charge in [-0.25, -0.2) is 4.79 Å². The maximum atomic E-state index is 12.2. The number of benzene rings is 1. The van der Waals surface area contributed by atoms with Crippen LogP contribution in [0, 0.1) is 0 Å². The number of aliphatic hydroxyl groups excluding tert-OH is 1. The molecule has 0 bridgehead atoms. The first kappa shape index (κ1) is 17.0. The van der Waals surface area contributed by atoms with Crippen LogP contribution < -0.4 is 5.32 Å². The molecule has 0 saturated heterocycles. The van der Waals surface area contributed by atoms with Crippen molar-refractivity contribution in [3.8, 4) is 0 Å². The number of amides is 1. The van der Waals surface area contributed by atoms with E-state index < -0.39 is 14.2 Å². The lowest BCUT2D eigenvalue weighted by Gasteiger charge is -2.26. The maximum Gasteiger partial charge on any atom is 0.411 e. The van der Waals surface area contributed by atoms with Crippen LogP contribution in [0.2, 0.25) is 19.6 Å². The Labute approximate surface area is 133 Å². The number of hydrogen-bond donors (Lipinski definition) is 2. The molecular weight excluding hydrogens is 294 g/mol. The van der Waals surface area contributed by atoms with E-state index in [1.165, 1.54) is 12.0 Å². The third kappa shape index (κ3) is 3.90. The van der Waals surface area contributed by atoms with Crippen molar-refractivity contribution in [2.45, 2.75) is 64.6 Å². The molecule has 0 aromatic heterocycles. The molecule has 4 nitrogen and oxygen atoms in total. The highest BCUT2D eigenvalue weighted by Crippen LogP contribution is 2.31. The van der Waals surface area contributed by atoms with Crippen LogP contribution in [-0.2, 0) is 24.2 Å². The summed E-state index contributed by atoms with van der Waals surface area (Å²) in [6.07, 6.45) is 3.88. The number of carbonyl (C=O) groups excluding carboxylic acids is 1. The smallest absolute Gasteiger partial charge is 0.411 e. The summed E-state index contributed by atoms with van der Waals surface area (Å²) in [5.74, 6) is 0. The van der Waals surface area contributed by atoms with Crippen LogP contribution in [-0.4, -0.2) is 25.0 Å². The number of aryl methyl sites for hydroxylation is 1. The Morgan fingerprint density at radius 2 is 2.00 bits per heavy atom. The molecule has 0 fully saturated rings. The minimum Gasteiger partial charge on any atom is -0.450 e. The fraction of sp³-hybridized carbons (Fsp3) is 0.588. The molecule has 0 heterocycles. The van der Waals surface area contributed by atoms with Gasteiger partial charge < -0.3 is 9.84 Å². The van der Waals surface area contributed by atoms with Crippen molar-refractivity contribution in [2.24, 2.45) is 0 Å². The molecule has 2 rings (SSSR count). The minimum absolute atomic E-state index is 0.0513. The number of nitrogens with one attached hydrogen (secondary N) is 1. The Morgan fingerprint density at radius 3 is 2.64 bits per heavy atom. The molecule has 0 aliphatic heterocycles. The average molecular weight is 321 g/mol. The molecule has 2 N–H and O–H groups in total. The lowest BCUT2D eigenvalue weighted by Crippen LogP contribution is -2.40. The monoisotopic (exact) mass is 321 g/mol. The second-order valence-corrected chi connectivity index (χ2v) is 12.7. The summed E-state index contributed by atoms with van der Waals surface area (Å²) in [6, 6.07) is 3.98. The van der Waals surface area contributed by atoms with Crippen molar-refractivity contribution in [1.82, 2.24) is 0 Å². The molecule has 1 unspecified atom stereocenters. The average Bonchev–Trinajstić information content (AvgIpc) is 2.46. The van der Waals surface area contributed by atoms with Gasteiger partial charge in [0.2, 0.25) is 0 Å². The highest BCUT2D eigenvalue weighted by atomic mass is 28.3. The minimum atomic E-state index is -1.52. The van der Waals surface area contributed by atoms with E-state index in [9.17, 15) is 9.90 Å². The molecule has 22 heavy (non-hydrogen) atoms. The summed E-state index contributed by atoms with van der Waals surface area (Å²) in [6.45, 7) is 8.41. The summed E-state index contributed by atoms with van der Waals surface area (Å²) >= 11 is 0. The number of hydrogen-bond acceptors (Lipinski definition) is 3. The lowest BCUT2D eigenvalue weighted by atomic mass is 9.88. The van der Waals surface area contributed by atoms with Gasteiger partial charge in [-0.1, -0.05) is 31.8 Å². The lowest BCUT2D eigenvalue weighted by molar-refractivity contribution is 0.149. The number of fused-ring (bicyclic) bond motifs is 1. The van der Waals surface area contributed by atoms with Crippen LogP contribution in [0.3, 0.4) is 0 Å². The van der Waals surface area contributed by atoms with Crippen LogP contribution in [0.25, 0.3) is 0 Å². The molecule has 1 aromatic rings. The highest BCUT2D eigenvalue weighted by Gasteiger charge is 2.27. The van der Waals surface area contributed by atoms with Gasteiger partial charge in [-0.2, -0.15) is 0 Å². The van der Waals surface area contributed by atoms with E-state index in [2.05, 4.69) is 31.0 Å². The van der Waals surface area contributed by atoms with E-state index in [4.69, 9.17) is 4.74 Å². The van der Waals surface area contributed by atoms with Crippen molar-refractivity contribution in [3.05, 3.63) is 28.8 Å². The molecule has 1 atom stereocenters. The fourth-order valence-electron chi connectivity index (χ4n) is 2.63. The number of carbonyl (C=O) groups is 1. The van der Waals surface area contributed by atoms with Gasteiger partial charge in [0.1, 0.15) is 0 Å². The number of anilines is 1. The van der Waals surface area contributed by atoms with Gasteiger partial charge in [0.25, 0.3) is 0 Å². The molecule has 0 saturated carbocycles. The van der Waals surface area contributed by atoms with Gasteiger partial charge in [0.05, 0.1) is 26.1 Å². The Kier molecular flexibility index (Phi) is 5.29. The van der Waals surface area contributed by atoms with E-state index in [0.717, 1.165) is 36.1 Å². The molecular formula is C17H27NO3Si. The number of rotatable bonds is 4. The Balaban J connectivity index is 2.19. The van der Waals surface area contributed by atoms with E-state index in [0.29, 0.717) is 0 Å². The Hall–Kier alpha value is -1.33. The zero-order valence-corrected chi connectivity index (χ0v) is 15.0. The first-order valence-corrected chi connectivity index (χ1v) is 11.6. The van der Waals surface area contributed by atoms with E-state index in [-0.39, 0.29) is 12.3 Å². The number of ether oxygens (including phenoxy) is 1. The number of aliphatic hydroxyl groups is 1. The van der Waals surface area contributed by atoms with Gasteiger partial charge in [-0.3, -0.25) is 5.32 Å². The molecule has 0 spiro atoms. The summed E-state index contributed by atoms with van der Waals surface area (Å²) in [5.41, 5.74) is 3.91. The van der Waals surface area contributed by atoms with Gasteiger partial charge in [0, 0.05) is 5.56 Å². The van der Waals surface area contributed by atoms with E-state index in [1.807, 2.05) is 13.0 Å². The third-order valence-corrected chi connectivity index (χ3v) is 7.08. The normalized spacial score (nSPS) is 15.9. The van der Waals surface area contributed by atoms with E-state index in [1.54, 1.807) is 0 Å². The van der Waals surface area contributed by atoms with Crippen molar-refractivity contribution in [1.29, 1.82) is 0 Å². The standard InChI is InChI=1S/C17H27NO3Si/c1-12(22(2,3)4)21-17(20)18-16-14(11-19)10-9-13-7-5-6-8-15(13)16/h9-10,12,19H,5-8,11H2,1-4H3,(H,18,20). The van der Waals surface area contributed by atoms with Gasteiger partial charge >= 0.3 is 6.09 Å².